The Morgan fingerprint density at radius 1 is 1.60 bits per heavy atom. The van der Waals surface area contributed by atoms with E-state index in [1.807, 2.05) is 0 Å². The summed E-state index contributed by atoms with van der Waals surface area (Å²) in [6, 6.07) is 0.688. The molecule has 0 spiro atoms. The molecule has 0 fully saturated rings. The first-order valence-electron chi connectivity index (χ1n) is 3.69. The monoisotopic (exact) mass is 331 g/mol. The smallest absolute Gasteiger partial charge is 0.341 e. The number of rotatable bonds is 2. The number of methoxy groups -OCH3 is 1. The minimum atomic E-state index is -2.86. The van der Waals surface area contributed by atoms with E-state index < -0.39 is 29.5 Å². The molecular weight excluding hydrogens is 326 g/mol. The Morgan fingerprint density at radius 2 is 2.20 bits per heavy atom. The largest absolute Gasteiger partial charge is 0.465 e. The van der Waals surface area contributed by atoms with Gasteiger partial charge in [-0.1, -0.05) is 0 Å². The molecule has 0 aliphatic heterocycles. The normalized spacial score (nSPS) is 10.5. The molecule has 1 rings (SSSR count). The number of esters is 1. The average molecular weight is 331 g/mol. The lowest BCUT2D eigenvalue weighted by molar-refractivity contribution is 0.0594. The van der Waals surface area contributed by atoms with Gasteiger partial charge in [-0.05, 0) is 28.7 Å². The maximum absolute atomic E-state index is 13.3. The van der Waals surface area contributed by atoms with Crippen LogP contribution in [-0.4, -0.2) is 18.1 Å². The number of hydrogen-bond acceptors (Lipinski definition) is 3. The zero-order chi connectivity index (χ0) is 11.6. The highest BCUT2D eigenvalue weighted by molar-refractivity contribution is 14.1. The van der Waals surface area contributed by atoms with Gasteiger partial charge in [-0.2, -0.15) is 0 Å². The summed E-state index contributed by atoms with van der Waals surface area (Å²) in [5, 5.41) is 0. The second-order valence-electron chi connectivity index (χ2n) is 2.49. The lowest BCUT2D eigenvalue weighted by atomic mass is 10.2. The molecule has 0 bridgehead atoms. The zero-order valence-electron chi connectivity index (χ0n) is 7.43. The maximum atomic E-state index is 13.3. The van der Waals surface area contributed by atoms with E-state index in [2.05, 4.69) is 9.72 Å². The molecule has 0 aliphatic carbocycles. The topological polar surface area (TPSA) is 39.2 Å². The molecule has 0 atom stereocenters. The highest BCUT2D eigenvalue weighted by Gasteiger charge is 2.20. The number of nitrogens with zero attached hydrogens (tertiary/aromatic N) is 1. The predicted octanol–water partition coefficient (Wildman–Crippen LogP) is 2.55. The molecule has 0 saturated heterocycles. The molecule has 0 aromatic carbocycles. The second-order valence-corrected chi connectivity index (χ2v) is 3.51. The van der Waals surface area contributed by atoms with Crippen LogP contribution in [-0.2, 0) is 4.74 Å². The van der Waals surface area contributed by atoms with Crippen LogP contribution in [0, 0.1) is 9.52 Å². The summed E-state index contributed by atoms with van der Waals surface area (Å²) >= 11 is 1.43. The van der Waals surface area contributed by atoms with Crippen molar-refractivity contribution < 1.29 is 22.7 Å². The van der Waals surface area contributed by atoms with Gasteiger partial charge in [-0.15, -0.1) is 0 Å². The standard InChI is InChI=1S/C8H5F3INO2/c1-15-8(14)3-2-4(6(10)11)13-7(12)5(3)9/h2,6H,1H3. The van der Waals surface area contributed by atoms with E-state index in [9.17, 15) is 18.0 Å². The SMILES string of the molecule is COC(=O)c1cc(C(F)F)nc(I)c1F. The van der Waals surface area contributed by atoms with Crippen LogP contribution in [0.1, 0.15) is 22.5 Å². The van der Waals surface area contributed by atoms with E-state index in [0.29, 0.717) is 6.07 Å². The zero-order valence-corrected chi connectivity index (χ0v) is 9.59. The molecule has 15 heavy (non-hydrogen) atoms. The van der Waals surface area contributed by atoms with Crippen molar-refractivity contribution in [3.8, 4) is 0 Å². The van der Waals surface area contributed by atoms with E-state index in [-0.39, 0.29) is 3.70 Å². The van der Waals surface area contributed by atoms with Gasteiger partial charge in [-0.25, -0.2) is 22.9 Å². The molecular formula is C8H5F3INO2. The van der Waals surface area contributed by atoms with Gasteiger partial charge < -0.3 is 4.74 Å². The van der Waals surface area contributed by atoms with Crippen molar-refractivity contribution >= 4 is 28.6 Å². The Bertz CT molecular complexity index is 398. The van der Waals surface area contributed by atoms with Crippen molar-refractivity contribution in [3.63, 3.8) is 0 Å². The molecule has 1 aromatic rings. The van der Waals surface area contributed by atoms with Crippen LogP contribution in [0.2, 0.25) is 0 Å². The third-order valence-electron chi connectivity index (χ3n) is 1.57. The number of carbonyl (C=O) groups is 1. The number of aromatic nitrogens is 1. The first-order valence-corrected chi connectivity index (χ1v) is 4.77. The number of alkyl halides is 2. The Kier molecular flexibility index (Phi) is 3.89. The molecule has 82 valence electrons. The van der Waals surface area contributed by atoms with E-state index in [1.165, 1.54) is 22.6 Å². The predicted molar refractivity (Wildman–Crippen MR) is 53.2 cm³/mol. The highest BCUT2D eigenvalue weighted by Crippen LogP contribution is 2.22. The number of hydrogen-bond donors (Lipinski definition) is 0. The van der Waals surface area contributed by atoms with Gasteiger partial charge in [0.15, 0.2) is 5.82 Å². The Balaban J connectivity index is 3.31. The second kappa shape index (κ2) is 4.77. The summed E-state index contributed by atoms with van der Waals surface area (Å²) in [4.78, 5) is 14.3. The Morgan fingerprint density at radius 3 is 2.67 bits per heavy atom. The first-order chi connectivity index (χ1) is 6.97. The van der Waals surface area contributed by atoms with E-state index >= 15 is 0 Å². The summed E-state index contributed by atoms with van der Waals surface area (Å²) in [6.07, 6.45) is -2.86. The molecule has 0 aliphatic rings. The number of carbonyl (C=O) groups excluding carboxylic acids is 1. The van der Waals surface area contributed by atoms with Crippen LogP contribution >= 0.6 is 22.6 Å². The van der Waals surface area contributed by atoms with Gasteiger partial charge in [0.2, 0.25) is 0 Å². The van der Waals surface area contributed by atoms with Crippen LogP contribution in [0.3, 0.4) is 0 Å². The summed E-state index contributed by atoms with van der Waals surface area (Å²) in [5.41, 5.74) is -1.19. The van der Waals surface area contributed by atoms with E-state index in [1.54, 1.807) is 0 Å². The Labute approximate surface area is 96.8 Å². The minimum absolute atomic E-state index is 0.286. The molecule has 3 nitrogen and oxygen atoms in total. The van der Waals surface area contributed by atoms with Crippen LogP contribution < -0.4 is 0 Å². The van der Waals surface area contributed by atoms with Crippen LogP contribution in [0.5, 0.6) is 0 Å². The fourth-order valence-corrected chi connectivity index (χ4v) is 1.46. The molecule has 0 unspecified atom stereocenters. The lowest BCUT2D eigenvalue weighted by Gasteiger charge is -2.05. The molecule has 1 heterocycles. The highest BCUT2D eigenvalue weighted by atomic mass is 127. The fourth-order valence-electron chi connectivity index (χ4n) is 0.887. The average Bonchev–Trinajstić information content (AvgIpc) is 2.20. The van der Waals surface area contributed by atoms with Crippen molar-refractivity contribution in [2.24, 2.45) is 0 Å². The van der Waals surface area contributed by atoms with Crippen molar-refractivity contribution in [2.45, 2.75) is 6.43 Å². The number of ether oxygens (including phenoxy) is 1. The van der Waals surface area contributed by atoms with Gasteiger partial charge in [0.05, 0.1) is 7.11 Å². The van der Waals surface area contributed by atoms with Crippen LogP contribution in [0.15, 0.2) is 6.07 Å². The van der Waals surface area contributed by atoms with E-state index in [0.717, 1.165) is 7.11 Å². The quantitative estimate of drug-likeness (QED) is 0.475. The van der Waals surface area contributed by atoms with Crippen molar-refractivity contribution in [1.82, 2.24) is 4.98 Å². The summed E-state index contributed by atoms with van der Waals surface area (Å²) in [6.45, 7) is 0. The van der Waals surface area contributed by atoms with Gasteiger partial charge in [0.1, 0.15) is 15.0 Å². The Hall–Kier alpha value is -0.860. The minimum Gasteiger partial charge on any atom is -0.465 e. The van der Waals surface area contributed by atoms with Gasteiger partial charge >= 0.3 is 5.97 Å². The number of halogens is 4. The third kappa shape index (κ3) is 2.58. The molecule has 7 heteroatoms. The van der Waals surface area contributed by atoms with Crippen LogP contribution in [0.4, 0.5) is 13.2 Å². The maximum Gasteiger partial charge on any atom is 0.341 e. The van der Waals surface area contributed by atoms with Gasteiger partial charge in [-0.3, -0.25) is 0 Å². The van der Waals surface area contributed by atoms with Gasteiger partial charge in [0, 0.05) is 0 Å². The van der Waals surface area contributed by atoms with E-state index in [4.69, 9.17) is 0 Å². The molecule has 0 radical (unpaired) electrons. The summed E-state index contributed by atoms with van der Waals surface area (Å²) in [7, 11) is 1.04. The van der Waals surface area contributed by atoms with Crippen molar-refractivity contribution in [1.29, 1.82) is 0 Å². The fraction of sp³-hybridized carbons (Fsp3) is 0.250. The third-order valence-corrected chi connectivity index (χ3v) is 2.28. The molecule has 0 amide bonds. The summed E-state index contributed by atoms with van der Waals surface area (Å²) in [5.74, 6) is -1.96. The lowest BCUT2D eigenvalue weighted by Crippen LogP contribution is -2.09. The summed E-state index contributed by atoms with van der Waals surface area (Å²) < 4.78 is 41.8. The molecule has 1 aromatic heterocycles. The van der Waals surface area contributed by atoms with Crippen molar-refractivity contribution in [3.05, 3.63) is 26.8 Å². The van der Waals surface area contributed by atoms with Gasteiger partial charge in [0.25, 0.3) is 6.43 Å². The van der Waals surface area contributed by atoms with Crippen LogP contribution in [0.25, 0.3) is 0 Å². The molecule has 0 N–H and O–H groups in total. The van der Waals surface area contributed by atoms with Crippen molar-refractivity contribution in [2.75, 3.05) is 7.11 Å². The first kappa shape index (κ1) is 12.2. The number of pyridine rings is 1. The molecule has 0 saturated carbocycles.